The van der Waals surface area contributed by atoms with Gasteiger partial charge in [0, 0.05) is 0 Å². The Bertz CT molecular complexity index is 1110. The van der Waals surface area contributed by atoms with Gasteiger partial charge in [0.15, 0.2) is 0 Å². The number of anilines is 1. The van der Waals surface area contributed by atoms with Crippen LogP contribution in [0.25, 0.3) is 11.0 Å². The minimum atomic E-state index is -0.185. The molecule has 0 bridgehead atoms. The van der Waals surface area contributed by atoms with Crippen LogP contribution in [0.15, 0.2) is 64.5 Å². The minimum absolute atomic E-state index is 0.147. The summed E-state index contributed by atoms with van der Waals surface area (Å²) in [5.74, 6) is 1.02. The zero-order chi connectivity index (χ0) is 19.3. The number of fused-ring (bicyclic) bond motifs is 1. The average Bonchev–Trinajstić information content (AvgIpc) is 3.34. The van der Waals surface area contributed by atoms with Gasteiger partial charge in [-0.1, -0.05) is 36.0 Å². The molecule has 4 rings (SSSR count). The van der Waals surface area contributed by atoms with Crippen LogP contribution < -0.4 is 10.1 Å². The standard InChI is InChI=1S/C19H17N5O3S/c1-26-16-9-5-3-7-14(16)21-17(25)11-28-19-23-22-18(27-19)10-24-12-20-13-6-2-4-8-15(13)24/h2-9,12H,10-11H2,1H3,(H,21,25). The first kappa shape index (κ1) is 18.1. The lowest BCUT2D eigenvalue weighted by Crippen LogP contribution is -2.14. The number of hydrogen-bond acceptors (Lipinski definition) is 7. The molecule has 1 amide bonds. The molecule has 142 valence electrons. The van der Waals surface area contributed by atoms with Crippen LogP contribution in [0.5, 0.6) is 5.75 Å². The summed E-state index contributed by atoms with van der Waals surface area (Å²) in [6, 6.07) is 15.1. The third kappa shape index (κ3) is 3.99. The SMILES string of the molecule is COc1ccccc1NC(=O)CSc1nnc(Cn2cnc3ccccc32)o1. The first-order valence-electron chi connectivity index (χ1n) is 8.51. The van der Waals surface area contributed by atoms with Crippen molar-refractivity contribution >= 4 is 34.4 Å². The molecule has 2 aromatic heterocycles. The van der Waals surface area contributed by atoms with Crippen LogP contribution >= 0.6 is 11.8 Å². The minimum Gasteiger partial charge on any atom is -0.495 e. The van der Waals surface area contributed by atoms with Gasteiger partial charge in [-0.15, -0.1) is 10.2 Å². The van der Waals surface area contributed by atoms with Crippen LogP contribution in [0.4, 0.5) is 5.69 Å². The number of amides is 1. The van der Waals surface area contributed by atoms with Crippen molar-refractivity contribution in [3.8, 4) is 5.75 Å². The quantitative estimate of drug-likeness (QED) is 0.480. The molecule has 28 heavy (non-hydrogen) atoms. The van der Waals surface area contributed by atoms with Crippen LogP contribution in [0.3, 0.4) is 0 Å². The van der Waals surface area contributed by atoms with Gasteiger partial charge in [-0.25, -0.2) is 4.98 Å². The highest BCUT2D eigenvalue weighted by atomic mass is 32.2. The molecular formula is C19H17N5O3S. The normalized spacial score (nSPS) is 10.9. The third-order valence-electron chi connectivity index (χ3n) is 3.99. The summed E-state index contributed by atoms with van der Waals surface area (Å²) in [4.78, 5) is 16.5. The van der Waals surface area contributed by atoms with E-state index in [1.54, 1.807) is 25.6 Å². The summed E-state index contributed by atoms with van der Waals surface area (Å²) in [5.41, 5.74) is 2.52. The third-order valence-corrected chi connectivity index (χ3v) is 4.81. The molecule has 0 spiro atoms. The summed E-state index contributed by atoms with van der Waals surface area (Å²) < 4.78 is 12.8. The summed E-state index contributed by atoms with van der Waals surface area (Å²) in [7, 11) is 1.56. The molecular weight excluding hydrogens is 378 g/mol. The lowest BCUT2D eigenvalue weighted by molar-refractivity contribution is -0.113. The Kier molecular flexibility index (Phi) is 5.24. The first-order chi connectivity index (χ1) is 13.7. The largest absolute Gasteiger partial charge is 0.495 e. The summed E-state index contributed by atoms with van der Waals surface area (Å²) >= 11 is 1.18. The number of aromatic nitrogens is 4. The summed E-state index contributed by atoms with van der Waals surface area (Å²) in [6.07, 6.45) is 1.74. The molecule has 0 atom stereocenters. The molecule has 0 saturated carbocycles. The molecule has 0 aliphatic heterocycles. The number of thioether (sulfide) groups is 1. The highest BCUT2D eigenvalue weighted by molar-refractivity contribution is 7.99. The van der Waals surface area contributed by atoms with Crippen LogP contribution in [-0.4, -0.2) is 38.5 Å². The predicted octanol–water partition coefficient (Wildman–Crippen LogP) is 3.21. The number of ether oxygens (including phenoxy) is 1. The number of hydrogen-bond donors (Lipinski definition) is 1. The monoisotopic (exact) mass is 395 g/mol. The highest BCUT2D eigenvalue weighted by Crippen LogP contribution is 2.24. The number of carbonyl (C=O) groups excluding carboxylic acids is 1. The Balaban J connectivity index is 1.35. The number of benzene rings is 2. The number of rotatable bonds is 7. The maximum atomic E-state index is 12.2. The van der Waals surface area contributed by atoms with Gasteiger partial charge in [0.25, 0.3) is 5.22 Å². The predicted molar refractivity (Wildman–Crippen MR) is 105 cm³/mol. The average molecular weight is 395 g/mol. The van der Waals surface area contributed by atoms with Crippen molar-refractivity contribution in [1.82, 2.24) is 19.7 Å². The second-order valence-corrected chi connectivity index (χ2v) is 6.79. The highest BCUT2D eigenvalue weighted by Gasteiger charge is 2.12. The van der Waals surface area contributed by atoms with Gasteiger partial charge in [0.2, 0.25) is 11.8 Å². The number of nitrogens with zero attached hydrogens (tertiary/aromatic N) is 4. The van der Waals surface area contributed by atoms with Gasteiger partial charge < -0.3 is 19.0 Å². The number of nitrogens with one attached hydrogen (secondary N) is 1. The van der Waals surface area contributed by atoms with Crippen LogP contribution in [0.2, 0.25) is 0 Å². The topological polar surface area (TPSA) is 95.1 Å². The van der Waals surface area contributed by atoms with Crippen molar-refractivity contribution in [3.63, 3.8) is 0 Å². The maximum absolute atomic E-state index is 12.2. The Morgan fingerprint density at radius 2 is 2.00 bits per heavy atom. The smallest absolute Gasteiger partial charge is 0.277 e. The van der Waals surface area contributed by atoms with E-state index in [2.05, 4.69) is 20.5 Å². The molecule has 0 fully saturated rings. The Morgan fingerprint density at radius 3 is 2.89 bits per heavy atom. The Labute approximate surface area is 164 Å². The van der Waals surface area contributed by atoms with Crippen molar-refractivity contribution in [1.29, 1.82) is 0 Å². The fourth-order valence-corrected chi connectivity index (χ4v) is 3.28. The second-order valence-electron chi connectivity index (χ2n) is 5.86. The van der Waals surface area contributed by atoms with Gasteiger partial charge in [0.1, 0.15) is 12.3 Å². The molecule has 1 N–H and O–H groups in total. The van der Waals surface area contributed by atoms with E-state index in [1.165, 1.54) is 11.8 Å². The van der Waals surface area contributed by atoms with E-state index >= 15 is 0 Å². The van der Waals surface area contributed by atoms with Gasteiger partial charge >= 0.3 is 0 Å². The molecule has 0 saturated heterocycles. The Morgan fingerprint density at radius 1 is 1.18 bits per heavy atom. The summed E-state index contributed by atoms with van der Waals surface area (Å²) in [5, 5.41) is 11.2. The lowest BCUT2D eigenvalue weighted by atomic mass is 10.3. The first-order valence-corrected chi connectivity index (χ1v) is 9.49. The van der Waals surface area contributed by atoms with Crippen LogP contribution in [0, 0.1) is 0 Å². The van der Waals surface area contributed by atoms with E-state index in [1.807, 2.05) is 41.0 Å². The van der Waals surface area contributed by atoms with Gasteiger partial charge in [0.05, 0.1) is 35.9 Å². The van der Waals surface area contributed by atoms with E-state index in [4.69, 9.17) is 9.15 Å². The van der Waals surface area contributed by atoms with Crippen molar-refractivity contribution in [2.45, 2.75) is 11.8 Å². The number of methoxy groups -OCH3 is 1. The van der Waals surface area contributed by atoms with E-state index in [0.29, 0.717) is 29.1 Å². The molecule has 2 heterocycles. The van der Waals surface area contributed by atoms with Crippen molar-refractivity contribution < 1.29 is 13.9 Å². The molecule has 0 radical (unpaired) electrons. The zero-order valence-corrected chi connectivity index (χ0v) is 15.8. The van der Waals surface area contributed by atoms with Crippen LogP contribution in [-0.2, 0) is 11.3 Å². The van der Waals surface area contributed by atoms with Crippen LogP contribution in [0.1, 0.15) is 5.89 Å². The van der Waals surface area contributed by atoms with E-state index < -0.39 is 0 Å². The van der Waals surface area contributed by atoms with Crippen molar-refractivity contribution in [3.05, 3.63) is 60.7 Å². The van der Waals surface area contributed by atoms with E-state index in [0.717, 1.165) is 11.0 Å². The van der Waals surface area contributed by atoms with Crippen molar-refractivity contribution in [2.24, 2.45) is 0 Å². The Hall–Kier alpha value is -3.33. The maximum Gasteiger partial charge on any atom is 0.277 e. The zero-order valence-electron chi connectivity index (χ0n) is 15.0. The fourth-order valence-electron chi connectivity index (χ4n) is 2.70. The summed E-state index contributed by atoms with van der Waals surface area (Å²) in [6.45, 7) is 0.418. The molecule has 4 aromatic rings. The fraction of sp³-hybridized carbons (Fsp3) is 0.158. The number of para-hydroxylation sites is 4. The van der Waals surface area contributed by atoms with Gasteiger partial charge in [-0.2, -0.15) is 0 Å². The molecule has 2 aromatic carbocycles. The van der Waals surface area contributed by atoms with Crippen molar-refractivity contribution in [2.75, 3.05) is 18.2 Å². The number of carbonyl (C=O) groups is 1. The lowest BCUT2D eigenvalue weighted by Gasteiger charge is -2.08. The van der Waals surface area contributed by atoms with E-state index in [9.17, 15) is 4.79 Å². The number of imidazole rings is 1. The van der Waals surface area contributed by atoms with Gasteiger partial charge in [-0.05, 0) is 24.3 Å². The van der Waals surface area contributed by atoms with E-state index in [-0.39, 0.29) is 11.7 Å². The molecule has 0 aliphatic rings. The molecule has 8 nitrogen and oxygen atoms in total. The molecule has 9 heteroatoms. The van der Waals surface area contributed by atoms with Gasteiger partial charge in [-0.3, -0.25) is 4.79 Å². The molecule has 0 unspecified atom stereocenters. The second kappa shape index (κ2) is 8.13. The molecule has 0 aliphatic carbocycles.